The molecule has 0 aliphatic carbocycles. The number of aryl methyl sites for hydroxylation is 1. The molecule has 0 bridgehead atoms. The van der Waals surface area contributed by atoms with Gasteiger partial charge in [-0.2, -0.15) is 0 Å². The molecule has 196 valence electrons. The molecule has 0 spiro atoms. The second-order valence-electron chi connectivity index (χ2n) is 11.5. The summed E-state index contributed by atoms with van der Waals surface area (Å²) in [4.78, 5) is 26.3. The van der Waals surface area contributed by atoms with Crippen molar-refractivity contribution in [3.05, 3.63) is 18.0 Å². The van der Waals surface area contributed by atoms with Crippen LogP contribution in [0.1, 0.15) is 77.7 Å². The van der Waals surface area contributed by atoms with Crippen LogP contribution in [0.3, 0.4) is 0 Å². The van der Waals surface area contributed by atoms with Crippen molar-refractivity contribution in [1.29, 1.82) is 0 Å². The number of aromatic nitrogens is 1. The minimum absolute atomic E-state index is 0.117. The molecule has 34 heavy (non-hydrogen) atoms. The highest BCUT2D eigenvalue weighted by atomic mass is 28.4. The molecule has 0 atom stereocenters. The van der Waals surface area contributed by atoms with Crippen LogP contribution < -0.4 is 11.1 Å². The van der Waals surface area contributed by atoms with Crippen molar-refractivity contribution in [3.63, 3.8) is 0 Å². The summed E-state index contributed by atoms with van der Waals surface area (Å²) in [6.45, 7) is 19.3. The molecule has 1 aromatic rings. The lowest BCUT2D eigenvalue weighted by atomic mass is 10.2. The second kappa shape index (κ2) is 12.6. The maximum absolute atomic E-state index is 12.7. The molecule has 0 aliphatic rings. The van der Waals surface area contributed by atoms with Crippen LogP contribution in [0, 0.1) is 0 Å². The molecule has 0 aromatic carbocycles. The number of nitrogens with two attached hydrogens (primary N) is 1. The van der Waals surface area contributed by atoms with Gasteiger partial charge in [0.2, 0.25) is 0 Å². The Morgan fingerprint density at radius 1 is 1.09 bits per heavy atom. The first kappa shape index (κ1) is 30.0. The smallest absolute Gasteiger partial charge is 0.410 e. The van der Waals surface area contributed by atoms with Crippen LogP contribution in [0.25, 0.3) is 0 Å². The van der Waals surface area contributed by atoms with Gasteiger partial charge >= 0.3 is 6.09 Å². The lowest BCUT2D eigenvalue weighted by Crippen LogP contribution is -2.41. The molecule has 1 heterocycles. The minimum atomic E-state index is -1.76. The summed E-state index contributed by atoms with van der Waals surface area (Å²) in [5.74, 6) is -0.117. The molecule has 0 aliphatic heterocycles. The average molecular weight is 497 g/mol. The predicted molar refractivity (Wildman–Crippen MR) is 142 cm³/mol. The highest BCUT2D eigenvalue weighted by Gasteiger charge is 2.36. The third kappa shape index (κ3) is 10.5. The monoisotopic (exact) mass is 496 g/mol. The highest BCUT2D eigenvalue weighted by Crippen LogP contribution is 2.36. The van der Waals surface area contributed by atoms with Crippen LogP contribution in [0.2, 0.25) is 18.1 Å². The summed E-state index contributed by atoms with van der Waals surface area (Å²) in [6, 6.07) is 1.72. The molecule has 0 saturated carbocycles. The van der Waals surface area contributed by atoms with Crippen LogP contribution in [0.5, 0.6) is 0 Å². The SMILES string of the molecule is CN(CCCCCn1cc(N)cc1C(=O)NCCCO[Si](C)(C)C(C)(C)C)C(=O)OC(C)(C)C. The van der Waals surface area contributed by atoms with Crippen LogP contribution >= 0.6 is 0 Å². The topological polar surface area (TPSA) is 98.8 Å². The van der Waals surface area contributed by atoms with E-state index >= 15 is 0 Å². The minimum Gasteiger partial charge on any atom is -0.444 e. The van der Waals surface area contributed by atoms with Gasteiger partial charge in [0.15, 0.2) is 8.32 Å². The summed E-state index contributed by atoms with van der Waals surface area (Å²) in [5, 5.41) is 3.17. The Balaban J connectivity index is 2.40. The average Bonchev–Trinajstić information content (AvgIpc) is 3.05. The fourth-order valence-electron chi connectivity index (χ4n) is 3.06. The zero-order chi connectivity index (χ0) is 26.2. The van der Waals surface area contributed by atoms with Crippen molar-refractivity contribution in [1.82, 2.24) is 14.8 Å². The number of rotatable bonds is 12. The van der Waals surface area contributed by atoms with Crippen LogP contribution in [-0.2, 0) is 15.7 Å². The number of ether oxygens (including phenoxy) is 1. The second-order valence-corrected chi connectivity index (χ2v) is 16.3. The lowest BCUT2D eigenvalue weighted by Gasteiger charge is -2.36. The lowest BCUT2D eigenvalue weighted by molar-refractivity contribution is 0.0296. The van der Waals surface area contributed by atoms with E-state index in [0.717, 1.165) is 25.7 Å². The molecule has 2 amide bonds. The van der Waals surface area contributed by atoms with Crippen molar-refractivity contribution < 1.29 is 18.8 Å². The number of carbonyl (C=O) groups is 2. The van der Waals surface area contributed by atoms with Gasteiger partial charge in [-0.1, -0.05) is 20.8 Å². The van der Waals surface area contributed by atoms with E-state index in [4.69, 9.17) is 14.9 Å². The zero-order valence-corrected chi connectivity index (χ0v) is 23.9. The first-order valence-corrected chi connectivity index (χ1v) is 15.3. The number of hydrogen-bond acceptors (Lipinski definition) is 5. The van der Waals surface area contributed by atoms with E-state index in [1.807, 2.05) is 31.5 Å². The molecule has 3 N–H and O–H groups in total. The fourth-order valence-corrected chi connectivity index (χ4v) is 4.14. The third-order valence-electron chi connectivity index (χ3n) is 6.12. The van der Waals surface area contributed by atoms with Crippen molar-refractivity contribution >= 4 is 26.0 Å². The molecule has 0 fully saturated rings. The summed E-state index contributed by atoms with van der Waals surface area (Å²) in [5.41, 5.74) is 6.63. The van der Waals surface area contributed by atoms with E-state index in [1.165, 1.54) is 0 Å². The Labute approximate surface area is 207 Å². The molecule has 9 heteroatoms. The fraction of sp³-hybridized carbons (Fsp3) is 0.760. The van der Waals surface area contributed by atoms with Gasteiger partial charge in [-0.3, -0.25) is 4.79 Å². The van der Waals surface area contributed by atoms with Gasteiger partial charge in [0.25, 0.3) is 5.91 Å². The molecular weight excluding hydrogens is 448 g/mol. The van der Waals surface area contributed by atoms with E-state index in [-0.39, 0.29) is 17.0 Å². The Hall–Kier alpha value is -2.00. The van der Waals surface area contributed by atoms with Gasteiger partial charge in [-0.15, -0.1) is 0 Å². The molecule has 8 nitrogen and oxygen atoms in total. The summed E-state index contributed by atoms with van der Waals surface area (Å²) >= 11 is 0. The van der Waals surface area contributed by atoms with E-state index in [9.17, 15) is 9.59 Å². The normalized spacial score (nSPS) is 12.5. The highest BCUT2D eigenvalue weighted by molar-refractivity contribution is 6.74. The molecule has 0 unspecified atom stereocenters. The summed E-state index contributed by atoms with van der Waals surface area (Å²) < 4.78 is 13.4. The molecular formula is C25H48N4O4Si. The van der Waals surface area contributed by atoms with Crippen LogP contribution in [-0.4, -0.2) is 62.1 Å². The van der Waals surface area contributed by atoms with Crippen LogP contribution in [0.4, 0.5) is 10.5 Å². The number of carbonyl (C=O) groups excluding carboxylic acids is 2. The number of anilines is 1. The number of nitrogens with one attached hydrogen (secondary N) is 1. The van der Waals surface area contributed by atoms with E-state index in [0.29, 0.717) is 37.6 Å². The number of hydrogen-bond donors (Lipinski definition) is 2. The Morgan fingerprint density at radius 3 is 2.32 bits per heavy atom. The summed E-state index contributed by atoms with van der Waals surface area (Å²) in [7, 11) is -0.00940. The predicted octanol–water partition coefficient (Wildman–Crippen LogP) is 5.25. The van der Waals surface area contributed by atoms with Gasteiger partial charge in [-0.25, -0.2) is 4.79 Å². The molecule has 1 aromatic heterocycles. The number of amides is 2. The maximum atomic E-state index is 12.7. The summed E-state index contributed by atoms with van der Waals surface area (Å²) in [6.07, 6.45) is 4.96. The maximum Gasteiger partial charge on any atom is 0.410 e. The van der Waals surface area contributed by atoms with Crippen molar-refractivity contribution in [2.24, 2.45) is 0 Å². The van der Waals surface area contributed by atoms with Crippen molar-refractivity contribution in [3.8, 4) is 0 Å². The standard InChI is InChI=1S/C25H48N4O4Si/c1-24(2,3)33-23(31)28(7)15-11-10-12-16-29-19-20(26)18-21(29)22(30)27-14-13-17-32-34(8,9)25(4,5)6/h18-19H,10-17,26H2,1-9H3,(H,27,30). The Kier molecular flexibility index (Phi) is 11.2. The van der Waals surface area contributed by atoms with Gasteiger partial charge in [0.05, 0.1) is 5.69 Å². The number of nitrogen functional groups attached to an aromatic ring is 1. The van der Waals surface area contributed by atoms with Gasteiger partial charge in [-0.05, 0) is 70.7 Å². The molecule has 1 rings (SSSR count). The number of nitrogens with zero attached hydrogens (tertiary/aromatic N) is 2. The number of unbranched alkanes of at least 4 members (excludes halogenated alkanes) is 2. The largest absolute Gasteiger partial charge is 0.444 e. The quantitative estimate of drug-likeness (QED) is 0.304. The third-order valence-corrected chi connectivity index (χ3v) is 10.7. The zero-order valence-electron chi connectivity index (χ0n) is 22.9. The first-order valence-electron chi connectivity index (χ1n) is 12.4. The van der Waals surface area contributed by atoms with E-state index in [2.05, 4.69) is 39.2 Å². The van der Waals surface area contributed by atoms with Gasteiger partial charge in [0.1, 0.15) is 11.3 Å². The van der Waals surface area contributed by atoms with E-state index in [1.54, 1.807) is 18.0 Å². The molecule has 0 saturated heterocycles. The van der Waals surface area contributed by atoms with Crippen LogP contribution in [0.15, 0.2) is 12.3 Å². The van der Waals surface area contributed by atoms with Crippen molar-refractivity contribution in [2.75, 3.05) is 32.5 Å². The van der Waals surface area contributed by atoms with Gasteiger partial charge in [0, 0.05) is 39.5 Å². The first-order chi connectivity index (χ1) is 15.5. The Morgan fingerprint density at radius 2 is 1.74 bits per heavy atom. The Bertz CT molecular complexity index is 794. The van der Waals surface area contributed by atoms with Gasteiger partial charge < -0.3 is 29.7 Å². The van der Waals surface area contributed by atoms with Crippen molar-refractivity contribution in [2.45, 2.75) is 97.5 Å². The molecule has 0 radical (unpaired) electrons. The van der Waals surface area contributed by atoms with E-state index < -0.39 is 13.9 Å².